The SMILES string of the molecule is O=C1CC(c2ccccc2)N2NC(Br)=NC12. The van der Waals surface area contributed by atoms with Gasteiger partial charge in [0, 0.05) is 6.42 Å². The first-order valence-electron chi connectivity index (χ1n) is 5.11. The van der Waals surface area contributed by atoms with E-state index in [-0.39, 0.29) is 18.0 Å². The first-order valence-corrected chi connectivity index (χ1v) is 5.91. The van der Waals surface area contributed by atoms with E-state index in [4.69, 9.17) is 0 Å². The topological polar surface area (TPSA) is 44.7 Å². The average Bonchev–Trinajstić information content (AvgIpc) is 2.80. The number of Topliss-reactive ketones (excluding diaryl/α,β-unsaturated/α-hetero) is 1. The largest absolute Gasteiger partial charge is 0.296 e. The van der Waals surface area contributed by atoms with Crippen LogP contribution < -0.4 is 5.43 Å². The number of hydrogen-bond acceptors (Lipinski definition) is 4. The van der Waals surface area contributed by atoms with E-state index >= 15 is 0 Å². The van der Waals surface area contributed by atoms with Crippen molar-refractivity contribution in [2.45, 2.75) is 18.6 Å². The predicted octanol–water partition coefficient (Wildman–Crippen LogP) is 1.60. The summed E-state index contributed by atoms with van der Waals surface area (Å²) in [5, 5.41) is 1.90. The van der Waals surface area contributed by atoms with Gasteiger partial charge in [-0.3, -0.25) is 10.2 Å². The molecular formula is C11H10BrN3O. The lowest BCUT2D eigenvalue weighted by Gasteiger charge is -2.22. The summed E-state index contributed by atoms with van der Waals surface area (Å²) in [4.78, 5) is 16.0. The molecule has 0 saturated carbocycles. The number of amidine groups is 1. The Labute approximate surface area is 101 Å². The molecule has 5 heteroatoms. The Hall–Kier alpha value is -1.20. The Kier molecular flexibility index (Phi) is 2.29. The van der Waals surface area contributed by atoms with E-state index in [0.29, 0.717) is 11.2 Å². The fourth-order valence-corrected chi connectivity index (χ4v) is 2.59. The fraction of sp³-hybridized carbons (Fsp3) is 0.273. The van der Waals surface area contributed by atoms with Crippen molar-refractivity contribution in [2.24, 2.45) is 4.99 Å². The third-order valence-corrected chi connectivity index (χ3v) is 3.31. The van der Waals surface area contributed by atoms with Gasteiger partial charge < -0.3 is 0 Å². The van der Waals surface area contributed by atoms with E-state index in [2.05, 4.69) is 26.3 Å². The van der Waals surface area contributed by atoms with E-state index < -0.39 is 0 Å². The molecule has 1 fully saturated rings. The van der Waals surface area contributed by atoms with Gasteiger partial charge >= 0.3 is 0 Å². The molecule has 0 aromatic heterocycles. The molecule has 0 radical (unpaired) electrons. The summed E-state index contributed by atoms with van der Waals surface area (Å²) in [5.74, 6) is 0.163. The number of carbonyl (C=O) groups is 1. The van der Waals surface area contributed by atoms with Gasteiger partial charge in [0.05, 0.1) is 6.04 Å². The molecule has 0 bridgehead atoms. The number of ketones is 1. The monoisotopic (exact) mass is 279 g/mol. The summed E-state index contributed by atoms with van der Waals surface area (Å²) in [7, 11) is 0. The van der Waals surface area contributed by atoms with Crippen LogP contribution in [0.2, 0.25) is 0 Å². The minimum absolute atomic E-state index is 0.0810. The summed E-state index contributed by atoms with van der Waals surface area (Å²) < 4.78 is 0.631. The molecule has 2 aliphatic heterocycles. The second-order valence-corrected chi connectivity index (χ2v) is 4.66. The summed E-state index contributed by atoms with van der Waals surface area (Å²) in [5.41, 5.74) is 4.22. The van der Waals surface area contributed by atoms with Crippen LogP contribution in [0, 0.1) is 0 Å². The fourth-order valence-electron chi connectivity index (χ4n) is 2.19. The number of hydrogen-bond donors (Lipinski definition) is 1. The molecule has 3 rings (SSSR count). The van der Waals surface area contributed by atoms with Gasteiger partial charge in [-0.25, -0.2) is 4.99 Å². The molecule has 1 N–H and O–H groups in total. The van der Waals surface area contributed by atoms with Crippen LogP contribution in [-0.2, 0) is 4.79 Å². The molecule has 2 atom stereocenters. The maximum Gasteiger partial charge on any atom is 0.182 e. The van der Waals surface area contributed by atoms with E-state index in [1.807, 2.05) is 35.3 Å². The molecule has 2 aliphatic rings. The smallest absolute Gasteiger partial charge is 0.182 e. The number of aliphatic imine (C=N–C) groups is 1. The van der Waals surface area contributed by atoms with Gasteiger partial charge in [0.2, 0.25) is 0 Å². The summed E-state index contributed by atoms with van der Waals surface area (Å²) in [6.45, 7) is 0. The van der Waals surface area contributed by atoms with Gasteiger partial charge in [-0.2, -0.15) is 5.01 Å². The minimum Gasteiger partial charge on any atom is -0.296 e. The van der Waals surface area contributed by atoms with Gasteiger partial charge in [-0.05, 0) is 21.5 Å². The number of nitrogens with one attached hydrogen (secondary N) is 1. The molecule has 0 spiro atoms. The van der Waals surface area contributed by atoms with Crippen LogP contribution in [0.1, 0.15) is 18.0 Å². The normalized spacial score (nSPS) is 28.8. The molecule has 2 unspecified atom stereocenters. The van der Waals surface area contributed by atoms with Crippen molar-refractivity contribution in [1.82, 2.24) is 10.4 Å². The summed E-state index contributed by atoms with van der Waals surface area (Å²) in [6, 6.07) is 10.1. The molecule has 82 valence electrons. The van der Waals surface area contributed by atoms with E-state index in [1.54, 1.807) is 0 Å². The molecule has 1 aromatic rings. The molecular weight excluding hydrogens is 270 g/mol. The van der Waals surface area contributed by atoms with Crippen LogP contribution in [0.3, 0.4) is 0 Å². The maximum absolute atomic E-state index is 11.8. The van der Waals surface area contributed by atoms with E-state index in [1.165, 1.54) is 0 Å². The number of halogens is 1. The maximum atomic E-state index is 11.8. The van der Waals surface area contributed by atoms with Crippen molar-refractivity contribution in [3.05, 3.63) is 35.9 Å². The van der Waals surface area contributed by atoms with Crippen molar-refractivity contribution in [3.63, 3.8) is 0 Å². The van der Waals surface area contributed by atoms with Crippen molar-refractivity contribution in [1.29, 1.82) is 0 Å². The van der Waals surface area contributed by atoms with Gasteiger partial charge in [-0.15, -0.1) is 0 Å². The Morgan fingerprint density at radius 3 is 2.88 bits per heavy atom. The highest BCUT2D eigenvalue weighted by atomic mass is 79.9. The van der Waals surface area contributed by atoms with Crippen LogP contribution >= 0.6 is 15.9 Å². The predicted molar refractivity (Wildman–Crippen MR) is 63.9 cm³/mol. The molecule has 0 aliphatic carbocycles. The zero-order chi connectivity index (χ0) is 11.1. The zero-order valence-corrected chi connectivity index (χ0v) is 10.0. The zero-order valence-electron chi connectivity index (χ0n) is 8.43. The second-order valence-electron chi connectivity index (χ2n) is 3.91. The highest BCUT2D eigenvalue weighted by Gasteiger charge is 2.44. The first-order chi connectivity index (χ1) is 7.75. The Balaban J connectivity index is 1.93. The minimum atomic E-state index is -0.361. The van der Waals surface area contributed by atoms with Crippen molar-refractivity contribution in [3.8, 4) is 0 Å². The lowest BCUT2D eigenvalue weighted by atomic mass is 10.1. The molecule has 1 saturated heterocycles. The Morgan fingerprint density at radius 2 is 2.12 bits per heavy atom. The van der Waals surface area contributed by atoms with Gasteiger partial charge in [0.25, 0.3) is 0 Å². The van der Waals surface area contributed by atoms with Crippen LogP contribution in [0.15, 0.2) is 35.3 Å². The molecule has 1 aromatic carbocycles. The number of carbonyl (C=O) groups excluding carboxylic acids is 1. The quantitative estimate of drug-likeness (QED) is 0.795. The second kappa shape index (κ2) is 3.68. The highest BCUT2D eigenvalue weighted by Crippen LogP contribution is 2.35. The summed E-state index contributed by atoms with van der Waals surface area (Å²) in [6.07, 6.45) is 0.158. The van der Waals surface area contributed by atoms with Crippen molar-refractivity contribution < 1.29 is 4.79 Å². The molecule has 16 heavy (non-hydrogen) atoms. The van der Waals surface area contributed by atoms with E-state index in [9.17, 15) is 4.79 Å². The van der Waals surface area contributed by atoms with Gasteiger partial charge in [-0.1, -0.05) is 30.3 Å². The molecule has 0 amide bonds. The summed E-state index contributed by atoms with van der Waals surface area (Å²) >= 11 is 3.27. The standard InChI is InChI=1S/C11H10BrN3O/c12-11-13-10-9(16)6-8(15(10)14-11)7-4-2-1-3-5-7/h1-5,8,10H,6H2,(H,13,14). The van der Waals surface area contributed by atoms with Crippen LogP contribution in [-0.4, -0.2) is 21.7 Å². The number of fused-ring (bicyclic) bond motifs is 1. The lowest BCUT2D eigenvalue weighted by Crippen LogP contribution is -2.38. The number of nitrogens with zero attached hydrogens (tertiary/aromatic N) is 2. The van der Waals surface area contributed by atoms with Crippen LogP contribution in [0.5, 0.6) is 0 Å². The number of hydrazine groups is 1. The van der Waals surface area contributed by atoms with Crippen LogP contribution in [0.25, 0.3) is 0 Å². The Bertz CT molecular complexity index is 460. The van der Waals surface area contributed by atoms with Gasteiger partial charge in [0.1, 0.15) is 0 Å². The third kappa shape index (κ3) is 1.47. The highest BCUT2D eigenvalue weighted by molar-refractivity contribution is 9.18. The van der Waals surface area contributed by atoms with Crippen molar-refractivity contribution in [2.75, 3.05) is 0 Å². The first kappa shape index (κ1) is 9.99. The average molecular weight is 280 g/mol. The van der Waals surface area contributed by atoms with Crippen molar-refractivity contribution >= 4 is 26.5 Å². The molecule has 2 heterocycles. The van der Waals surface area contributed by atoms with Gasteiger partial charge in [0.15, 0.2) is 16.7 Å². The molecule has 4 nitrogen and oxygen atoms in total. The lowest BCUT2D eigenvalue weighted by molar-refractivity contribution is -0.119. The third-order valence-electron chi connectivity index (χ3n) is 2.92. The Morgan fingerprint density at radius 1 is 1.38 bits per heavy atom. The number of rotatable bonds is 1. The number of benzene rings is 1. The van der Waals surface area contributed by atoms with E-state index in [0.717, 1.165) is 5.56 Å². The van der Waals surface area contributed by atoms with Crippen LogP contribution in [0.4, 0.5) is 0 Å².